The van der Waals surface area contributed by atoms with Gasteiger partial charge in [-0.25, -0.2) is 5.01 Å². The maximum absolute atomic E-state index is 12.9. The Hall–Kier alpha value is -2.63. The zero-order valence-corrected chi connectivity index (χ0v) is 15.6. The van der Waals surface area contributed by atoms with Crippen molar-refractivity contribution in [2.45, 2.75) is 32.6 Å². The van der Waals surface area contributed by atoms with E-state index in [2.05, 4.69) is 12.3 Å². The molecule has 0 spiro atoms. The summed E-state index contributed by atoms with van der Waals surface area (Å²) in [6.07, 6.45) is 7.27. The number of nitrogens with zero attached hydrogens (tertiary/aromatic N) is 2. The van der Waals surface area contributed by atoms with Crippen molar-refractivity contribution in [2.24, 2.45) is 17.8 Å². The van der Waals surface area contributed by atoms with Crippen molar-refractivity contribution < 1.29 is 14.4 Å². The summed E-state index contributed by atoms with van der Waals surface area (Å²) in [6, 6.07) is 7.00. The predicted molar refractivity (Wildman–Crippen MR) is 102 cm³/mol. The molecule has 1 aromatic carbocycles. The molecule has 3 amide bonds. The van der Waals surface area contributed by atoms with Gasteiger partial charge in [0.15, 0.2) is 0 Å². The van der Waals surface area contributed by atoms with Crippen LogP contribution in [0.25, 0.3) is 0 Å². The van der Waals surface area contributed by atoms with E-state index in [-0.39, 0.29) is 29.6 Å². The lowest BCUT2D eigenvalue weighted by Crippen LogP contribution is -2.59. The molecule has 3 aliphatic rings. The van der Waals surface area contributed by atoms with Crippen LogP contribution in [0.15, 0.2) is 36.4 Å². The van der Waals surface area contributed by atoms with Crippen LogP contribution in [0.1, 0.15) is 43.0 Å². The summed E-state index contributed by atoms with van der Waals surface area (Å²) in [5, 5.41) is 1.32. The number of hydrogen-bond acceptors (Lipinski definition) is 3. The number of benzene rings is 1. The van der Waals surface area contributed by atoms with Crippen molar-refractivity contribution in [3.63, 3.8) is 0 Å². The number of carbonyl (C=O) groups is 3. The zero-order valence-electron chi connectivity index (χ0n) is 15.6. The van der Waals surface area contributed by atoms with Gasteiger partial charge < -0.3 is 4.90 Å². The monoisotopic (exact) mass is 367 g/mol. The van der Waals surface area contributed by atoms with Crippen molar-refractivity contribution in [3.05, 3.63) is 42.0 Å². The Bertz CT molecular complexity index is 804. The summed E-state index contributed by atoms with van der Waals surface area (Å²) in [5.41, 5.74) is 3.81. The van der Waals surface area contributed by atoms with Crippen molar-refractivity contribution >= 4 is 23.4 Å². The highest BCUT2D eigenvalue weighted by molar-refractivity contribution is 6.05. The van der Waals surface area contributed by atoms with Gasteiger partial charge in [0, 0.05) is 18.7 Å². The van der Waals surface area contributed by atoms with Gasteiger partial charge in [0.25, 0.3) is 5.91 Å². The first kappa shape index (κ1) is 17.8. The Morgan fingerprint density at radius 3 is 2.70 bits per heavy atom. The Morgan fingerprint density at radius 2 is 1.93 bits per heavy atom. The standard InChI is InChI=1S/C21H25N3O3/c1-14-6-5-11-23(13-14)20(26)15-7-4-8-16(12-15)24-21(27)18-10-3-2-9-17(18)19(25)22-24/h2-4,7-8,12,14,17-18H,5-6,9-11,13H2,1H3,(H,22,25)/t14-,17+,18+/m1/s1. The second-order valence-corrected chi connectivity index (χ2v) is 7.85. The number of carbonyl (C=O) groups excluding carboxylic acids is 3. The summed E-state index contributed by atoms with van der Waals surface area (Å²) in [7, 11) is 0. The van der Waals surface area contributed by atoms with Crippen LogP contribution in [0.4, 0.5) is 5.69 Å². The van der Waals surface area contributed by atoms with Crippen LogP contribution in [-0.4, -0.2) is 35.7 Å². The highest BCUT2D eigenvalue weighted by atomic mass is 16.2. The summed E-state index contributed by atoms with van der Waals surface area (Å²) in [5.74, 6) is -0.377. The van der Waals surface area contributed by atoms with E-state index in [1.54, 1.807) is 24.3 Å². The minimum absolute atomic E-state index is 0.0161. The molecule has 142 valence electrons. The van der Waals surface area contributed by atoms with E-state index in [1.165, 1.54) is 5.01 Å². The van der Waals surface area contributed by atoms with E-state index in [9.17, 15) is 14.4 Å². The van der Waals surface area contributed by atoms with Crippen LogP contribution in [0.5, 0.6) is 0 Å². The normalized spacial score (nSPS) is 28.0. The average Bonchev–Trinajstić information content (AvgIpc) is 2.70. The molecule has 1 aromatic rings. The number of nitrogens with one attached hydrogen (secondary N) is 1. The molecule has 3 atom stereocenters. The molecule has 2 heterocycles. The first-order valence-electron chi connectivity index (χ1n) is 9.73. The third kappa shape index (κ3) is 3.36. The Labute approximate surface area is 159 Å². The highest BCUT2D eigenvalue weighted by Gasteiger charge is 2.42. The number of hydrazine groups is 1. The van der Waals surface area contributed by atoms with E-state index in [1.807, 2.05) is 17.1 Å². The fourth-order valence-electron chi connectivity index (χ4n) is 4.32. The smallest absolute Gasteiger partial charge is 0.253 e. The Kier molecular flexibility index (Phi) is 4.72. The average molecular weight is 367 g/mol. The first-order chi connectivity index (χ1) is 13.0. The predicted octanol–water partition coefficient (Wildman–Crippen LogP) is 2.52. The van der Waals surface area contributed by atoms with Gasteiger partial charge in [0.1, 0.15) is 0 Å². The van der Waals surface area contributed by atoms with Crippen molar-refractivity contribution in [2.75, 3.05) is 18.1 Å². The quantitative estimate of drug-likeness (QED) is 0.817. The molecule has 0 radical (unpaired) electrons. The topological polar surface area (TPSA) is 69.7 Å². The highest BCUT2D eigenvalue weighted by Crippen LogP contribution is 2.32. The van der Waals surface area contributed by atoms with Crippen LogP contribution in [0.3, 0.4) is 0 Å². The minimum Gasteiger partial charge on any atom is -0.338 e. The van der Waals surface area contributed by atoms with Crippen LogP contribution < -0.4 is 10.4 Å². The van der Waals surface area contributed by atoms with Crippen molar-refractivity contribution in [1.29, 1.82) is 0 Å². The molecule has 27 heavy (non-hydrogen) atoms. The second kappa shape index (κ2) is 7.18. The van der Waals surface area contributed by atoms with Crippen LogP contribution in [0, 0.1) is 17.8 Å². The Morgan fingerprint density at radius 1 is 1.15 bits per heavy atom. The maximum atomic E-state index is 12.9. The number of hydrogen-bond donors (Lipinski definition) is 1. The van der Waals surface area contributed by atoms with E-state index < -0.39 is 0 Å². The number of anilines is 1. The fourth-order valence-corrected chi connectivity index (χ4v) is 4.32. The van der Waals surface area contributed by atoms with Gasteiger partial charge in [-0.05, 0) is 49.8 Å². The molecule has 6 heteroatoms. The zero-order chi connectivity index (χ0) is 19.0. The van der Waals surface area contributed by atoms with Gasteiger partial charge >= 0.3 is 0 Å². The summed E-state index contributed by atoms with van der Waals surface area (Å²) >= 11 is 0. The fraction of sp³-hybridized carbons (Fsp3) is 0.476. The lowest BCUT2D eigenvalue weighted by atomic mass is 9.80. The van der Waals surface area contributed by atoms with Gasteiger partial charge in [-0.1, -0.05) is 25.1 Å². The molecule has 2 aliphatic heterocycles. The molecule has 6 nitrogen and oxygen atoms in total. The second-order valence-electron chi connectivity index (χ2n) is 7.85. The number of piperidine rings is 1. The van der Waals surface area contributed by atoms with Crippen molar-refractivity contribution in [3.8, 4) is 0 Å². The molecule has 0 bridgehead atoms. The number of likely N-dealkylation sites (tertiary alicyclic amines) is 1. The molecule has 2 fully saturated rings. The number of allylic oxidation sites excluding steroid dienone is 2. The Balaban J connectivity index is 1.57. The third-order valence-corrected chi connectivity index (χ3v) is 5.82. The number of amides is 3. The van der Waals surface area contributed by atoms with E-state index in [0.29, 0.717) is 30.0 Å². The van der Waals surface area contributed by atoms with Crippen LogP contribution in [-0.2, 0) is 9.59 Å². The lowest BCUT2D eigenvalue weighted by molar-refractivity contribution is -0.139. The van der Waals surface area contributed by atoms with Crippen LogP contribution in [0.2, 0.25) is 0 Å². The summed E-state index contributed by atoms with van der Waals surface area (Å²) in [6.45, 7) is 3.69. The van der Waals surface area contributed by atoms with Gasteiger partial charge in [0.2, 0.25) is 11.8 Å². The molecule has 4 rings (SSSR count). The van der Waals surface area contributed by atoms with Crippen molar-refractivity contribution in [1.82, 2.24) is 10.3 Å². The molecule has 2 saturated heterocycles. The molecule has 0 aromatic heterocycles. The molecule has 0 unspecified atom stereocenters. The number of rotatable bonds is 2. The number of fused-ring (bicyclic) bond motifs is 1. The van der Waals surface area contributed by atoms with Gasteiger partial charge in [-0.2, -0.15) is 0 Å². The molecule has 1 aliphatic carbocycles. The van der Waals surface area contributed by atoms with Crippen LogP contribution >= 0.6 is 0 Å². The summed E-state index contributed by atoms with van der Waals surface area (Å²) in [4.78, 5) is 40.1. The molecular formula is C21H25N3O3. The van der Waals surface area contributed by atoms with E-state index >= 15 is 0 Å². The van der Waals surface area contributed by atoms with E-state index in [0.717, 1.165) is 25.9 Å². The maximum Gasteiger partial charge on any atom is 0.253 e. The molecule has 1 N–H and O–H groups in total. The largest absolute Gasteiger partial charge is 0.338 e. The molecule has 0 saturated carbocycles. The SMILES string of the molecule is C[C@@H]1CCCN(C(=O)c2cccc(N3NC(=O)[C@H]4CC=CC[C@@H]4C3=O)c2)C1. The first-order valence-corrected chi connectivity index (χ1v) is 9.73. The third-order valence-electron chi connectivity index (χ3n) is 5.82. The molecular weight excluding hydrogens is 342 g/mol. The lowest BCUT2D eigenvalue weighted by Gasteiger charge is -2.38. The van der Waals surface area contributed by atoms with Gasteiger partial charge in [-0.15, -0.1) is 0 Å². The van der Waals surface area contributed by atoms with Gasteiger partial charge in [0.05, 0.1) is 17.5 Å². The van der Waals surface area contributed by atoms with Gasteiger partial charge in [-0.3, -0.25) is 19.8 Å². The summed E-state index contributed by atoms with van der Waals surface area (Å²) < 4.78 is 0. The van der Waals surface area contributed by atoms with E-state index in [4.69, 9.17) is 0 Å². The minimum atomic E-state index is -0.328.